The lowest BCUT2D eigenvalue weighted by Gasteiger charge is -2.10. The predicted molar refractivity (Wildman–Crippen MR) is 134 cm³/mol. The first-order valence-corrected chi connectivity index (χ1v) is 11.2. The van der Waals surface area contributed by atoms with Crippen molar-refractivity contribution in [3.05, 3.63) is 120 Å². The van der Waals surface area contributed by atoms with Crippen molar-refractivity contribution in [3.63, 3.8) is 0 Å². The van der Waals surface area contributed by atoms with Gasteiger partial charge in [0.2, 0.25) is 0 Å². The third-order valence-electron chi connectivity index (χ3n) is 5.44. The molecule has 0 aliphatic rings. The van der Waals surface area contributed by atoms with E-state index in [-0.39, 0.29) is 11.9 Å². The van der Waals surface area contributed by atoms with Gasteiger partial charge in [-0.3, -0.25) is 9.48 Å². The molecule has 0 spiro atoms. The number of nitrogens with zero attached hydrogens (tertiary/aromatic N) is 4. The molecule has 0 radical (unpaired) electrons. The number of rotatable bonds is 7. The van der Waals surface area contributed by atoms with Crippen LogP contribution in [0, 0.1) is 6.92 Å². The highest BCUT2D eigenvalue weighted by Gasteiger charge is 2.19. The van der Waals surface area contributed by atoms with Gasteiger partial charge in [0.15, 0.2) is 0 Å². The second kappa shape index (κ2) is 10.0. The van der Waals surface area contributed by atoms with Crippen LogP contribution in [-0.2, 0) is 6.54 Å². The van der Waals surface area contributed by atoms with Gasteiger partial charge in [-0.2, -0.15) is 5.10 Å². The third-order valence-corrected chi connectivity index (χ3v) is 5.44. The summed E-state index contributed by atoms with van der Waals surface area (Å²) >= 11 is 0. The van der Waals surface area contributed by atoms with E-state index in [1.54, 1.807) is 35.4 Å². The summed E-state index contributed by atoms with van der Waals surface area (Å²) in [6, 6.07) is 27.2. The van der Waals surface area contributed by atoms with Crippen LogP contribution in [0.25, 0.3) is 11.3 Å². The average molecular weight is 462 g/mol. The van der Waals surface area contributed by atoms with E-state index in [1.165, 1.54) is 0 Å². The van der Waals surface area contributed by atoms with Crippen molar-refractivity contribution >= 4 is 11.6 Å². The zero-order chi connectivity index (χ0) is 24.0. The second-order valence-corrected chi connectivity index (χ2v) is 8.00. The number of carbonyl (C=O) groups excluding carboxylic acids is 1. The second-order valence-electron chi connectivity index (χ2n) is 8.00. The van der Waals surface area contributed by atoms with Crippen LogP contribution >= 0.6 is 0 Å². The highest BCUT2D eigenvalue weighted by molar-refractivity contribution is 6.08. The highest BCUT2D eigenvalue weighted by atomic mass is 16.5. The molecule has 0 aliphatic heterocycles. The molecule has 0 unspecified atom stereocenters. The summed E-state index contributed by atoms with van der Waals surface area (Å²) in [7, 11) is 0. The number of carbonyl (C=O) groups is 1. The summed E-state index contributed by atoms with van der Waals surface area (Å²) in [5.41, 5.74) is 4.67. The van der Waals surface area contributed by atoms with Gasteiger partial charge in [0.1, 0.15) is 11.4 Å². The van der Waals surface area contributed by atoms with Crippen LogP contribution in [-0.4, -0.2) is 25.7 Å². The first-order valence-electron chi connectivity index (χ1n) is 11.2. The maximum absolute atomic E-state index is 13.4. The summed E-state index contributed by atoms with van der Waals surface area (Å²) < 4.78 is 7.49. The van der Waals surface area contributed by atoms with Crippen LogP contribution in [0.5, 0.6) is 11.8 Å². The van der Waals surface area contributed by atoms with Gasteiger partial charge in [0, 0.05) is 29.8 Å². The van der Waals surface area contributed by atoms with Crippen molar-refractivity contribution in [2.24, 2.45) is 0 Å². The van der Waals surface area contributed by atoms with Gasteiger partial charge in [-0.25, -0.2) is 9.97 Å². The fourth-order valence-corrected chi connectivity index (χ4v) is 3.72. The Morgan fingerprint density at radius 1 is 0.914 bits per heavy atom. The van der Waals surface area contributed by atoms with Crippen LogP contribution in [0.15, 0.2) is 104 Å². The fourth-order valence-electron chi connectivity index (χ4n) is 3.72. The monoisotopic (exact) mass is 461 g/mol. The lowest BCUT2D eigenvalue weighted by Crippen LogP contribution is -2.13. The molecule has 2 heterocycles. The molecule has 2 aromatic heterocycles. The van der Waals surface area contributed by atoms with Crippen molar-refractivity contribution in [1.29, 1.82) is 0 Å². The number of aromatic nitrogens is 4. The zero-order valence-electron chi connectivity index (χ0n) is 19.1. The van der Waals surface area contributed by atoms with E-state index in [0.29, 0.717) is 29.2 Å². The molecule has 35 heavy (non-hydrogen) atoms. The van der Waals surface area contributed by atoms with Gasteiger partial charge >= 0.3 is 6.01 Å². The third kappa shape index (κ3) is 5.25. The van der Waals surface area contributed by atoms with Gasteiger partial charge in [-0.15, -0.1) is 0 Å². The maximum Gasteiger partial charge on any atom is 0.321 e. The number of hydrogen-bond donors (Lipinski definition) is 1. The summed E-state index contributed by atoms with van der Waals surface area (Å²) in [5, 5.41) is 7.77. The van der Waals surface area contributed by atoms with Gasteiger partial charge in [0.25, 0.3) is 5.91 Å². The van der Waals surface area contributed by atoms with Crippen molar-refractivity contribution in [1.82, 2.24) is 19.7 Å². The van der Waals surface area contributed by atoms with Gasteiger partial charge in [0.05, 0.1) is 12.1 Å². The lowest BCUT2D eigenvalue weighted by molar-refractivity contribution is 0.102. The van der Waals surface area contributed by atoms with Crippen molar-refractivity contribution in [2.45, 2.75) is 13.5 Å². The summed E-state index contributed by atoms with van der Waals surface area (Å²) in [6.07, 6.45) is 5.03. The Bertz CT molecular complexity index is 1430. The number of aryl methyl sites for hydroxylation is 1. The molecule has 0 atom stereocenters. The minimum Gasteiger partial charge on any atom is -0.424 e. The molecular formula is C28H23N5O2. The van der Waals surface area contributed by atoms with E-state index in [4.69, 9.17) is 9.84 Å². The average Bonchev–Trinajstić information content (AvgIpc) is 3.31. The predicted octanol–water partition coefficient (Wildman–Crippen LogP) is 5.74. The molecule has 3 aromatic carbocycles. The molecule has 0 saturated heterocycles. The topological polar surface area (TPSA) is 81.9 Å². The number of ether oxygens (including phenoxy) is 1. The van der Waals surface area contributed by atoms with Crippen LogP contribution < -0.4 is 10.1 Å². The standard InChI is InChI=1S/C28H23N5O2/c1-20-17-23(35-28-29-15-8-16-30-28)13-14-25(20)31-27(34)24-19-33(18-21-9-4-2-5-10-21)32-26(24)22-11-6-3-7-12-22/h2-17,19H,18H2,1H3,(H,31,34). The maximum atomic E-state index is 13.4. The molecule has 1 amide bonds. The van der Waals surface area contributed by atoms with Crippen LogP contribution in [0.1, 0.15) is 21.5 Å². The molecule has 7 heteroatoms. The Hall–Kier alpha value is -4.78. The summed E-state index contributed by atoms with van der Waals surface area (Å²) in [5.74, 6) is 0.360. The zero-order valence-corrected chi connectivity index (χ0v) is 19.1. The molecule has 0 aliphatic carbocycles. The lowest BCUT2D eigenvalue weighted by atomic mass is 10.1. The fraction of sp³-hybridized carbons (Fsp3) is 0.0714. The van der Waals surface area contributed by atoms with Crippen LogP contribution in [0.4, 0.5) is 5.69 Å². The number of amides is 1. The number of anilines is 1. The SMILES string of the molecule is Cc1cc(Oc2ncccn2)ccc1NC(=O)c1cn(Cc2ccccc2)nc1-c1ccccc1. The molecule has 0 saturated carbocycles. The first kappa shape index (κ1) is 22.0. The van der Waals surface area contributed by atoms with E-state index in [2.05, 4.69) is 15.3 Å². The summed E-state index contributed by atoms with van der Waals surface area (Å²) in [4.78, 5) is 21.5. The smallest absolute Gasteiger partial charge is 0.321 e. The Kier molecular flexibility index (Phi) is 6.30. The molecule has 7 nitrogen and oxygen atoms in total. The molecule has 5 aromatic rings. The Labute approximate surface area is 203 Å². The van der Waals surface area contributed by atoms with E-state index >= 15 is 0 Å². The molecular weight excluding hydrogens is 438 g/mol. The number of hydrogen-bond acceptors (Lipinski definition) is 5. The van der Waals surface area contributed by atoms with E-state index < -0.39 is 0 Å². The largest absolute Gasteiger partial charge is 0.424 e. The molecule has 172 valence electrons. The van der Waals surface area contributed by atoms with Crippen LogP contribution in [0.3, 0.4) is 0 Å². The van der Waals surface area contributed by atoms with E-state index in [0.717, 1.165) is 16.7 Å². The number of nitrogens with one attached hydrogen (secondary N) is 1. The Morgan fingerprint density at radius 2 is 1.63 bits per heavy atom. The van der Waals surface area contributed by atoms with E-state index in [9.17, 15) is 4.79 Å². The molecule has 0 bridgehead atoms. The molecule has 5 rings (SSSR count). The minimum atomic E-state index is -0.230. The Morgan fingerprint density at radius 3 is 2.34 bits per heavy atom. The first-order chi connectivity index (χ1) is 17.2. The number of benzene rings is 3. The normalized spacial score (nSPS) is 10.7. The van der Waals surface area contributed by atoms with Crippen LogP contribution in [0.2, 0.25) is 0 Å². The molecule has 0 fully saturated rings. The van der Waals surface area contributed by atoms with Crippen molar-refractivity contribution < 1.29 is 9.53 Å². The quantitative estimate of drug-likeness (QED) is 0.334. The van der Waals surface area contributed by atoms with Crippen molar-refractivity contribution in [2.75, 3.05) is 5.32 Å². The van der Waals surface area contributed by atoms with Gasteiger partial charge in [-0.1, -0.05) is 60.7 Å². The summed E-state index contributed by atoms with van der Waals surface area (Å²) in [6.45, 7) is 2.48. The van der Waals surface area contributed by atoms with Gasteiger partial charge < -0.3 is 10.1 Å². The van der Waals surface area contributed by atoms with Crippen molar-refractivity contribution in [3.8, 4) is 23.0 Å². The minimum absolute atomic E-state index is 0.230. The van der Waals surface area contributed by atoms with E-state index in [1.807, 2.05) is 79.7 Å². The van der Waals surface area contributed by atoms with Gasteiger partial charge in [-0.05, 0) is 42.3 Å². The Balaban J connectivity index is 1.40. The molecule has 1 N–H and O–H groups in total. The highest BCUT2D eigenvalue weighted by Crippen LogP contribution is 2.27.